The molecule has 0 aromatic heterocycles. The molecule has 2 rings (SSSR count). The summed E-state index contributed by atoms with van der Waals surface area (Å²) in [6, 6.07) is 14.7. The Kier molecular flexibility index (Phi) is 8.46. The van der Waals surface area contributed by atoms with Crippen LogP contribution in [-0.2, 0) is 11.3 Å². The molecule has 0 atom stereocenters. The van der Waals surface area contributed by atoms with E-state index in [0.29, 0.717) is 10.6 Å². The highest BCUT2D eigenvalue weighted by Crippen LogP contribution is 2.14. The maximum Gasteiger partial charge on any atom is 0.255 e. The molecule has 4 nitrogen and oxygen atoms in total. The van der Waals surface area contributed by atoms with E-state index in [-0.39, 0.29) is 5.91 Å². The predicted octanol–water partition coefficient (Wildman–Crippen LogP) is 4.50. The van der Waals surface area contributed by atoms with E-state index in [1.165, 1.54) is 0 Å². The Balaban J connectivity index is 1.78. The van der Waals surface area contributed by atoms with Crippen molar-refractivity contribution in [2.75, 3.05) is 25.1 Å². The van der Waals surface area contributed by atoms with E-state index in [0.717, 1.165) is 50.4 Å². The molecule has 2 aromatic rings. The Labute approximate surface area is 154 Å². The number of benzene rings is 2. The average molecular weight is 361 g/mol. The van der Waals surface area contributed by atoms with E-state index in [2.05, 4.69) is 10.6 Å². The van der Waals surface area contributed by atoms with Crippen LogP contribution in [0.3, 0.4) is 0 Å². The molecule has 0 saturated carbocycles. The minimum absolute atomic E-state index is 0.141. The Hall–Kier alpha value is -1.88. The number of anilines is 1. The molecule has 25 heavy (non-hydrogen) atoms. The smallest absolute Gasteiger partial charge is 0.255 e. The van der Waals surface area contributed by atoms with Crippen molar-refractivity contribution in [3.63, 3.8) is 0 Å². The van der Waals surface area contributed by atoms with Crippen molar-refractivity contribution in [3.05, 3.63) is 64.7 Å². The molecule has 0 spiro atoms. The summed E-state index contributed by atoms with van der Waals surface area (Å²) in [6.07, 6.45) is 2.16. The molecule has 134 valence electrons. The fourth-order valence-corrected chi connectivity index (χ4v) is 2.52. The van der Waals surface area contributed by atoms with Gasteiger partial charge in [-0.25, -0.2) is 0 Å². The Bertz CT molecular complexity index is 659. The molecule has 0 saturated heterocycles. The molecular formula is C20H25ClN2O2. The van der Waals surface area contributed by atoms with Crippen LogP contribution in [0.15, 0.2) is 48.5 Å². The molecule has 0 aliphatic rings. The van der Waals surface area contributed by atoms with Crippen LogP contribution in [0.1, 0.15) is 35.7 Å². The molecule has 2 aromatic carbocycles. The zero-order chi connectivity index (χ0) is 17.9. The van der Waals surface area contributed by atoms with Gasteiger partial charge in [0.05, 0.1) is 0 Å². The highest BCUT2D eigenvalue weighted by Gasteiger charge is 2.06. The number of carbonyl (C=O) groups is 1. The maximum atomic E-state index is 12.2. The second kappa shape index (κ2) is 10.9. The molecule has 0 unspecified atom stereocenters. The first kappa shape index (κ1) is 19.4. The van der Waals surface area contributed by atoms with Gasteiger partial charge in [0.15, 0.2) is 0 Å². The second-order valence-electron chi connectivity index (χ2n) is 5.74. The summed E-state index contributed by atoms with van der Waals surface area (Å²) in [4.78, 5) is 12.2. The van der Waals surface area contributed by atoms with Crippen molar-refractivity contribution in [1.82, 2.24) is 5.32 Å². The molecule has 0 aliphatic carbocycles. The van der Waals surface area contributed by atoms with Gasteiger partial charge in [0.25, 0.3) is 5.91 Å². The van der Waals surface area contributed by atoms with Gasteiger partial charge in [0.1, 0.15) is 0 Å². The third-order valence-electron chi connectivity index (χ3n) is 3.72. The van der Waals surface area contributed by atoms with Gasteiger partial charge in [-0.1, -0.05) is 23.7 Å². The van der Waals surface area contributed by atoms with Crippen molar-refractivity contribution in [2.45, 2.75) is 26.3 Å². The van der Waals surface area contributed by atoms with Crippen LogP contribution in [0.4, 0.5) is 5.69 Å². The lowest BCUT2D eigenvalue weighted by atomic mass is 10.1. The van der Waals surface area contributed by atoms with Crippen LogP contribution in [0.25, 0.3) is 0 Å². The van der Waals surface area contributed by atoms with Gasteiger partial charge < -0.3 is 15.4 Å². The summed E-state index contributed by atoms with van der Waals surface area (Å²) in [6.45, 7) is 5.34. The van der Waals surface area contributed by atoms with E-state index in [4.69, 9.17) is 16.3 Å². The lowest BCUT2D eigenvalue weighted by molar-refractivity contribution is 0.102. The number of halogens is 1. The summed E-state index contributed by atoms with van der Waals surface area (Å²) in [5.74, 6) is -0.141. The highest BCUT2D eigenvalue weighted by atomic mass is 35.5. The van der Waals surface area contributed by atoms with E-state index in [9.17, 15) is 4.79 Å². The van der Waals surface area contributed by atoms with Gasteiger partial charge in [-0.15, -0.1) is 0 Å². The molecule has 2 N–H and O–H groups in total. The summed E-state index contributed by atoms with van der Waals surface area (Å²) >= 11 is 5.85. The van der Waals surface area contributed by atoms with Crippen LogP contribution in [-0.4, -0.2) is 25.7 Å². The standard InChI is InChI=1S/C20H25ClN2O2/c1-2-25-13-4-3-12-22-15-16-6-5-7-19(14-16)23-20(24)17-8-10-18(21)11-9-17/h5-11,14,22H,2-4,12-13,15H2,1H3,(H,23,24). The Morgan fingerprint density at radius 1 is 1.12 bits per heavy atom. The van der Waals surface area contributed by atoms with Gasteiger partial charge in [-0.05, 0) is 68.3 Å². The molecule has 1 amide bonds. The minimum atomic E-state index is -0.141. The molecular weight excluding hydrogens is 336 g/mol. The van der Waals surface area contributed by atoms with Crippen molar-refractivity contribution in [3.8, 4) is 0 Å². The number of rotatable bonds is 10. The minimum Gasteiger partial charge on any atom is -0.382 e. The zero-order valence-corrected chi connectivity index (χ0v) is 15.3. The summed E-state index contributed by atoms with van der Waals surface area (Å²) in [5.41, 5.74) is 2.51. The maximum absolute atomic E-state index is 12.2. The first-order valence-corrected chi connectivity index (χ1v) is 9.01. The van der Waals surface area contributed by atoms with Gasteiger partial charge >= 0.3 is 0 Å². The summed E-state index contributed by atoms with van der Waals surface area (Å²) in [5, 5.41) is 6.95. The monoisotopic (exact) mass is 360 g/mol. The quantitative estimate of drug-likeness (QED) is 0.613. The van der Waals surface area contributed by atoms with E-state index >= 15 is 0 Å². The topological polar surface area (TPSA) is 50.4 Å². The zero-order valence-electron chi connectivity index (χ0n) is 14.6. The van der Waals surface area contributed by atoms with Crippen LogP contribution >= 0.6 is 11.6 Å². The SMILES string of the molecule is CCOCCCCNCc1cccc(NC(=O)c2ccc(Cl)cc2)c1. The molecule has 0 heterocycles. The first-order valence-electron chi connectivity index (χ1n) is 8.63. The van der Waals surface area contributed by atoms with Gasteiger partial charge in [0, 0.05) is 36.0 Å². The molecule has 5 heteroatoms. The number of nitrogens with one attached hydrogen (secondary N) is 2. The lowest BCUT2D eigenvalue weighted by Crippen LogP contribution is -2.16. The van der Waals surface area contributed by atoms with Crippen LogP contribution < -0.4 is 10.6 Å². The number of hydrogen-bond acceptors (Lipinski definition) is 3. The first-order chi connectivity index (χ1) is 12.2. The average Bonchev–Trinajstić information content (AvgIpc) is 2.62. The molecule has 0 aliphatic heterocycles. The third-order valence-corrected chi connectivity index (χ3v) is 3.97. The van der Waals surface area contributed by atoms with Crippen LogP contribution in [0.2, 0.25) is 5.02 Å². The van der Waals surface area contributed by atoms with Crippen molar-refractivity contribution < 1.29 is 9.53 Å². The van der Waals surface area contributed by atoms with Crippen LogP contribution in [0.5, 0.6) is 0 Å². The lowest BCUT2D eigenvalue weighted by Gasteiger charge is -2.09. The van der Waals surface area contributed by atoms with E-state index < -0.39 is 0 Å². The Morgan fingerprint density at radius 2 is 1.92 bits per heavy atom. The second-order valence-corrected chi connectivity index (χ2v) is 6.18. The van der Waals surface area contributed by atoms with E-state index in [1.54, 1.807) is 24.3 Å². The fourth-order valence-electron chi connectivity index (χ4n) is 2.39. The third kappa shape index (κ3) is 7.26. The van der Waals surface area contributed by atoms with Gasteiger partial charge in [-0.2, -0.15) is 0 Å². The normalized spacial score (nSPS) is 10.6. The largest absolute Gasteiger partial charge is 0.382 e. The van der Waals surface area contributed by atoms with Crippen LogP contribution in [0, 0.1) is 0 Å². The number of carbonyl (C=O) groups excluding carboxylic acids is 1. The number of hydrogen-bond donors (Lipinski definition) is 2. The molecule has 0 bridgehead atoms. The Morgan fingerprint density at radius 3 is 2.68 bits per heavy atom. The summed E-state index contributed by atoms with van der Waals surface area (Å²) < 4.78 is 5.32. The number of ether oxygens (including phenoxy) is 1. The van der Waals surface area contributed by atoms with Gasteiger partial charge in [-0.3, -0.25) is 4.79 Å². The van der Waals surface area contributed by atoms with Crippen molar-refractivity contribution in [2.24, 2.45) is 0 Å². The van der Waals surface area contributed by atoms with Gasteiger partial charge in [0.2, 0.25) is 0 Å². The highest BCUT2D eigenvalue weighted by molar-refractivity contribution is 6.30. The molecule has 0 fully saturated rings. The van der Waals surface area contributed by atoms with E-state index in [1.807, 2.05) is 31.2 Å². The fraction of sp³-hybridized carbons (Fsp3) is 0.350. The molecule has 0 radical (unpaired) electrons. The summed E-state index contributed by atoms with van der Waals surface area (Å²) in [7, 11) is 0. The van der Waals surface area contributed by atoms with Crippen molar-refractivity contribution in [1.29, 1.82) is 0 Å². The number of amides is 1. The number of unbranched alkanes of at least 4 members (excludes halogenated alkanes) is 1. The predicted molar refractivity (Wildman–Crippen MR) is 103 cm³/mol. The van der Waals surface area contributed by atoms with Crippen molar-refractivity contribution >= 4 is 23.2 Å².